The Morgan fingerprint density at radius 3 is 2.42 bits per heavy atom. The number of rotatable bonds is 7. The quantitative estimate of drug-likeness (QED) is 0.544. The second-order valence-electron chi connectivity index (χ2n) is 7.01. The molecule has 0 saturated heterocycles. The van der Waals surface area contributed by atoms with Gasteiger partial charge < -0.3 is 10.1 Å². The molecule has 11 heteroatoms. The molecule has 0 aliphatic carbocycles. The van der Waals surface area contributed by atoms with Crippen LogP contribution in [0, 0.1) is 5.82 Å². The number of nitrogens with one attached hydrogen (secondary N) is 1. The van der Waals surface area contributed by atoms with Crippen LogP contribution in [0.1, 0.15) is 21.5 Å². The average molecular weight is 465 g/mol. The minimum Gasteiger partial charge on any atom is -0.383 e. The zero-order valence-corrected chi connectivity index (χ0v) is 17.4. The van der Waals surface area contributed by atoms with E-state index in [2.05, 4.69) is 5.32 Å². The number of halogens is 4. The molecular formula is C22H19F4N3O4. The summed E-state index contributed by atoms with van der Waals surface area (Å²) in [5.74, 6) is -1.31. The van der Waals surface area contributed by atoms with E-state index in [0.29, 0.717) is 16.2 Å². The number of carbonyl (C=O) groups excluding carboxylic acids is 1. The van der Waals surface area contributed by atoms with Crippen LogP contribution in [0.15, 0.2) is 64.3 Å². The lowest BCUT2D eigenvalue weighted by Gasteiger charge is -2.14. The summed E-state index contributed by atoms with van der Waals surface area (Å²) in [4.78, 5) is 38.6. The fourth-order valence-electron chi connectivity index (χ4n) is 3.04. The molecule has 0 spiro atoms. The predicted molar refractivity (Wildman–Crippen MR) is 111 cm³/mol. The lowest BCUT2D eigenvalue weighted by molar-refractivity contribution is -0.137. The Labute approximate surface area is 184 Å². The van der Waals surface area contributed by atoms with Gasteiger partial charge in [0.05, 0.1) is 24.4 Å². The molecule has 0 aliphatic rings. The number of benzene rings is 2. The van der Waals surface area contributed by atoms with Crippen LogP contribution in [0.5, 0.6) is 0 Å². The van der Waals surface area contributed by atoms with E-state index in [-0.39, 0.29) is 25.4 Å². The maximum atomic E-state index is 13.1. The first-order valence-electron chi connectivity index (χ1n) is 9.67. The lowest BCUT2D eigenvalue weighted by Crippen LogP contribution is -2.43. The number of ether oxygens (including phenoxy) is 1. The van der Waals surface area contributed by atoms with Crippen LogP contribution in [0.25, 0.3) is 5.69 Å². The van der Waals surface area contributed by atoms with Gasteiger partial charge in [0.1, 0.15) is 11.4 Å². The van der Waals surface area contributed by atoms with Gasteiger partial charge in [0.25, 0.3) is 11.5 Å². The molecule has 7 nitrogen and oxygen atoms in total. The standard InChI is InChI=1S/C22H19F4N3O4/c1-33-10-9-28-13-18(19(30)27-12-14-5-7-16(23)8-6-14)20(31)29(21(28)32)17-4-2-3-15(11-17)22(24,25)26/h2-8,11,13H,9-10,12H2,1H3,(H,27,30). The van der Waals surface area contributed by atoms with Crippen molar-refractivity contribution in [3.63, 3.8) is 0 Å². The first-order chi connectivity index (χ1) is 15.6. The van der Waals surface area contributed by atoms with Crippen molar-refractivity contribution >= 4 is 5.91 Å². The zero-order chi connectivity index (χ0) is 24.2. The Morgan fingerprint density at radius 2 is 1.79 bits per heavy atom. The van der Waals surface area contributed by atoms with E-state index in [9.17, 15) is 31.9 Å². The van der Waals surface area contributed by atoms with E-state index in [1.165, 1.54) is 37.4 Å². The maximum Gasteiger partial charge on any atom is 0.416 e. The number of alkyl halides is 3. The molecule has 1 heterocycles. The summed E-state index contributed by atoms with van der Waals surface area (Å²) in [5, 5.41) is 2.49. The van der Waals surface area contributed by atoms with Crippen molar-refractivity contribution in [3.05, 3.63) is 98.1 Å². The van der Waals surface area contributed by atoms with Gasteiger partial charge in [-0.25, -0.2) is 13.8 Å². The third kappa shape index (κ3) is 5.55. The summed E-state index contributed by atoms with van der Waals surface area (Å²) in [6, 6.07) is 8.97. The number of aromatic nitrogens is 2. The second-order valence-corrected chi connectivity index (χ2v) is 7.01. The molecule has 2 aromatic carbocycles. The normalized spacial score (nSPS) is 11.4. The molecule has 174 valence electrons. The average Bonchev–Trinajstić information content (AvgIpc) is 2.78. The molecule has 0 saturated carbocycles. The van der Waals surface area contributed by atoms with E-state index in [1.54, 1.807) is 0 Å². The minimum atomic E-state index is -4.70. The first-order valence-corrected chi connectivity index (χ1v) is 9.67. The van der Waals surface area contributed by atoms with Crippen molar-refractivity contribution in [2.24, 2.45) is 0 Å². The highest BCUT2D eigenvalue weighted by Crippen LogP contribution is 2.29. The van der Waals surface area contributed by atoms with Crippen LogP contribution in [-0.4, -0.2) is 28.8 Å². The van der Waals surface area contributed by atoms with Gasteiger partial charge in [0, 0.05) is 19.9 Å². The predicted octanol–water partition coefficient (Wildman–Crippen LogP) is 2.73. The number of carbonyl (C=O) groups is 1. The highest BCUT2D eigenvalue weighted by atomic mass is 19.4. The van der Waals surface area contributed by atoms with Crippen molar-refractivity contribution in [1.29, 1.82) is 0 Å². The van der Waals surface area contributed by atoms with E-state index >= 15 is 0 Å². The molecule has 0 aliphatic heterocycles. The van der Waals surface area contributed by atoms with Crippen molar-refractivity contribution in [1.82, 2.24) is 14.5 Å². The van der Waals surface area contributed by atoms with Crippen LogP contribution in [0.4, 0.5) is 17.6 Å². The molecule has 33 heavy (non-hydrogen) atoms. The highest BCUT2D eigenvalue weighted by molar-refractivity contribution is 5.93. The Morgan fingerprint density at radius 1 is 1.09 bits per heavy atom. The number of amides is 1. The van der Waals surface area contributed by atoms with Crippen LogP contribution in [-0.2, 0) is 24.0 Å². The van der Waals surface area contributed by atoms with E-state index < -0.39 is 40.3 Å². The van der Waals surface area contributed by atoms with Crippen LogP contribution >= 0.6 is 0 Å². The van der Waals surface area contributed by atoms with Crippen LogP contribution < -0.4 is 16.6 Å². The van der Waals surface area contributed by atoms with Gasteiger partial charge in [-0.3, -0.25) is 14.2 Å². The third-order valence-corrected chi connectivity index (χ3v) is 4.73. The van der Waals surface area contributed by atoms with Gasteiger partial charge in [-0.1, -0.05) is 18.2 Å². The fraction of sp³-hybridized carbons (Fsp3) is 0.227. The van der Waals surface area contributed by atoms with Crippen molar-refractivity contribution in [2.75, 3.05) is 13.7 Å². The smallest absolute Gasteiger partial charge is 0.383 e. The summed E-state index contributed by atoms with van der Waals surface area (Å²) in [6.45, 7) is -0.0382. The zero-order valence-electron chi connectivity index (χ0n) is 17.4. The Bertz CT molecular complexity index is 1260. The summed E-state index contributed by atoms with van der Waals surface area (Å²) < 4.78 is 59.0. The largest absolute Gasteiger partial charge is 0.416 e. The molecule has 1 aromatic heterocycles. The molecule has 0 fully saturated rings. The molecule has 0 unspecified atom stereocenters. The highest BCUT2D eigenvalue weighted by Gasteiger charge is 2.31. The molecular weight excluding hydrogens is 446 g/mol. The fourth-order valence-corrected chi connectivity index (χ4v) is 3.04. The molecule has 0 atom stereocenters. The second kappa shape index (κ2) is 9.82. The van der Waals surface area contributed by atoms with E-state index in [0.717, 1.165) is 22.9 Å². The minimum absolute atomic E-state index is 0.0424. The van der Waals surface area contributed by atoms with Crippen molar-refractivity contribution in [2.45, 2.75) is 19.3 Å². The van der Waals surface area contributed by atoms with Gasteiger partial charge in [-0.2, -0.15) is 13.2 Å². The molecule has 0 bridgehead atoms. The number of nitrogens with zero attached hydrogens (tertiary/aromatic N) is 2. The number of hydrogen-bond donors (Lipinski definition) is 1. The molecule has 3 aromatic rings. The number of methoxy groups -OCH3 is 1. The SMILES string of the molecule is COCCn1cc(C(=O)NCc2ccc(F)cc2)c(=O)n(-c2cccc(C(F)(F)F)c2)c1=O. The topological polar surface area (TPSA) is 82.3 Å². The summed E-state index contributed by atoms with van der Waals surface area (Å²) >= 11 is 0. The number of hydrogen-bond acceptors (Lipinski definition) is 4. The van der Waals surface area contributed by atoms with Crippen molar-refractivity contribution in [3.8, 4) is 5.69 Å². The van der Waals surface area contributed by atoms with E-state index in [4.69, 9.17) is 4.74 Å². The van der Waals surface area contributed by atoms with Gasteiger partial charge in [-0.05, 0) is 35.9 Å². The summed E-state index contributed by atoms with van der Waals surface area (Å²) in [5.41, 5.74) is -3.29. The lowest BCUT2D eigenvalue weighted by atomic mass is 10.2. The van der Waals surface area contributed by atoms with Gasteiger partial charge >= 0.3 is 11.9 Å². The molecule has 0 radical (unpaired) electrons. The monoisotopic (exact) mass is 465 g/mol. The summed E-state index contributed by atoms with van der Waals surface area (Å²) in [6.07, 6.45) is -3.66. The van der Waals surface area contributed by atoms with Gasteiger partial charge in [0.2, 0.25) is 0 Å². The van der Waals surface area contributed by atoms with Crippen molar-refractivity contribution < 1.29 is 27.1 Å². The third-order valence-electron chi connectivity index (χ3n) is 4.73. The Kier molecular flexibility index (Phi) is 7.12. The van der Waals surface area contributed by atoms with E-state index in [1.807, 2.05) is 0 Å². The molecule has 1 N–H and O–H groups in total. The summed E-state index contributed by atoms with van der Waals surface area (Å²) in [7, 11) is 1.38. The molecule has 3 rings (SSSR count). The Balaban J connectivity index is 2.06. The van der Waals surface area contributed by atoms with Gasteiger partial charge in [-0.15, -0.1) is 0 Å². The van der Waals surface area contributed by atoms with Crippen LogP contribution in [0.3, 0.4) is 0 Å². The Hall–Kier alpha value is -3.73. The first kappa shape index (κ1) is 23.9. The van der Waals surface area contributed by atoms with Gasteiger partial charge in [0.15, 0.2) is 0 Å². The van der Waals surface area contributed by atoms with Crippen LogP contribution in [0.2, 0.25) is 0 Å². The molecule has 1 amide bonds. The maximum absolute atomic E-state index is 13.1.